The van der Waals surface area contributed by atoms with Crippen molar-refractivity contribution < 1.29 is 0 Å². The van der Waals surface area contributed by atoms with E-state index in [9.17, 15) is 4.91 Å². The van der Waals surface area contributed by atoms with Crippen LogP contribution < -0.4 is 0 Å². The Morgan fingerprint density at radius 2 is 2.36 bits per heavy atom. The zero-order valence-electron chi connectivity index (χ0n) is 8.30. The van der Waals surface area contributed by atoms with Crippen LogP contribution in [0.3, 0.4) is 0 Å². The van der Waals surface area contributed by atoms with Crippen molar-refractivity contribution in [1.29, 1.82) is 0 Å². The normalized spacial score (nSPS) is 16.2. The Labute approximate surface area is 87.0 Å². The molecule has 0 atom stereocenters. The molecule has 1 aliphatic carbocycles. The first kappa shape index (κ1) is 9.71. The topological polar surface area (TPSA) is 47.2 Å². The highest BCUT2D eigenvalue weighted by molar-refractivity contribution is 7.99. The van der Waals surface area contributed by atoms with Gasteiger partial charge in [-0.05, 0) is 18.0 Å². The van der Waals surface area contributed by atoms with Crippen molar-refractivity contribution in [3.8, 4) is 0 Å². The Hall–Kier alpha value is -0.840. The highest BCUT2D eigenvalue weighted by Gasteiger charge is 2.26. The van der Waals surface area contributed by atoms with Crippen molar-refractivity contribution in [2.24, 2.45) is 5.18 Å². The molecular weight excluding hydrogens is 198 g/mol. The van der Waals surface area contributed by atoms with Gasteiger partial charge in [-0.15, -0.1) is 4.91 Å². The van der Waals surface area contributed by atoms with Gasteiger partial charge in [0.25, 0.3) is 0 Å². The lowest BCUT2D eigenvalue weighted by Gasteiger charge is -2.00. The predicted octanol–water partition coefficient (Wildman–Crippen LogP) is 3.12. The van der Waals surface area contributed by atoms with E-state index < -0.39 is 0 Å². The van der Waals surface area contributed by atoms with E-state index in [0.717, 1.165) is 5.03 Å². The first-order valence-electron chi connectivity index (χ1n) is 4.80. The maximum Gasteiger partial charge on any atom is 0.159 e. The van der Waals surface area contributed by atoms with Gasteiger partial charge in [-0.25, -0.2) is 0 Å². The van der Waals surface area contributed by atoms with Crippen LogP contribution >= 0.6 is 11.8 Å². The quantitative estimate of drug-likeness (QED) is 0.568. The van der Waals surface area contributed by atoms with Gasteiger partial charge in [0, 0.05) is 5.25 Å². The van der Waals surface area contributed by atoms with Crippen molar-refractivity contribution in [2.45, 2.75) is 43.0 Å². The van der Waals surface area contributed by atoms with E-state index in [1.807, 2.05) is 4.68 Å². The minimum Gasteiger partial charge on any atom is -0.266 e. The Morgan fingerprint density at radius 3 is 2.86 bits per heavy atom. The zero-order valence-corrected chi connectivity index (χ0v) is 9.12. The number of thioether (sulfide) groups is 1. The van der Waals surface area contributed by atoms with Crippen LogP contribution in [0.25, 0.3) is 0 Å². The van der Waals surface area contributed by atoms with Gasteiger partial charge in [-0.1, -0.05) is 25.6 Å². The molecule has 0 aromatic carbocycles. The molecule has 0 spiro atoms. The molecule has 5 heteroatoms. The van der Waals surface area contributed by atoms with Crippen LogP contribution in [0.2, 0.25) is 0 Å². The highest BCUT2D eigenvalue weighted by atomic mass is 32.2. The van der Waals surface area contributed by atoms with E-state index >= 15 is 0 Å². The summed E-state index contributed by atoms with van der Waals surface area (Å²) in [6, 6.07) is 0.511. The van der Waals surface area contributed by atoms with Gasteiger partial charge in [0.15, 0.2) is 5.69 Å². The summed E-state index contributed by atoms with van der Waals surface area (Å²) in [4.78, 5) is 10.5. The SMILES string of the molecule is CC(C)Sc1nn(C2CC2)cc1N=O. The summed E-state index contributed by atoms with van der Waals surface area (Å²) < 4.78 is 1.88. The van der Waals surface area contributed by atoms with Crippen LogP contribution in [-0.4, -0.2) is 15.0 Å². The number of rotatable bonds is 4. The highest BCUT2D eigenvalue weighted by Crippen LogP contribution is 2.38. The molecule has 0 aliphatic heterocycles. The minimum absolute atomic E-state index is 0.429. The van der Waals surface area contributed by atoms with Crippen molar-refractivity contribution >= 4 is 17.4 Å². The lowest BCUT2D eigenvalue weighted by molar-refractivity contribution is 0.624. The van der Waals surface area contributed by atoms with Gasteiger partial charge in [0.05, 0.1) is 12.2 Å². The molecule has 1 fully saturated rings. The number of nitroso groups, excluding NO2 is 1. The second kappa shape index (κ2) is 3.73. The van der Waals surface area contributed by atoms with E-state index in [2.05, 4.69) is 24.1 Å². The molecule has 1 aromatic rings. The zero-order chi connectivity index (χ0) is 10.1. The molecule has 76 valence electrons. The molecule has 2 rings (SSSR count). The molecule has 0 unspecified atom stereocenters. The third kappa shape index (κ3) is 1.97. The monoisotopic (exact) mass is 211 g/mol. The summed E-state index contributed by atoms with van der Waals surface area (Å²) in [7, 11) is 0. The average molecular weight is 211 g/mol. The molecule has 1 aromatic heterocycles. The Kier molecular flexibility index (Phi) is 2.58. The van der Waals surface area contributed by atoms with Gasteiger partial charge in [-0.2, -0.15) is 5.10 Å². The third-order valence-electron chi connectivity index (χ3n) is 2.05. The van der Waals surface area contributed by atoms with E-state index in [-0.39, 0.29) is 0 Å². The number of nitrogens with zero attached hydrogens (tertiary/aromatic N) is 3. The lowest BCUT2D eigenvalue weighted by Crippen LogP contribution is -1.94. The molecule has 1 heterocycles. The number of hydrogen-bond acceptors (Lipinski definition) is 4. The molecule has 1 saturated carbocycles. The second-order valence-electron chi connectivity index (χ2n) is 3.79. The van der Waals surface area contributed by atoms with E-state index in [1.54, 1.807) is 18.0 Å². The van der Waals surface area contributed by atoms with Crippen LogP contribution in [0.1, 0.15) is 32.7 Å². The maximum absolute atomic E-state index is 10.5. The number of hydrogen-bond donors (Lipinski definition) is 0. The van der Waals surface area contributed by atoms with Gasteiger partial charge >= 0.3 is 0 Å². The molecule has 4 nitrogen and oxygen atoms in total. The Balaban J connectivity index is 2.22. The van der Waals surface area contributed by atoms with E-state index in [4.69, 9.17) is 0 Å². The van der Waals surface area contributed by atoms with Crippen LogP contribution in [-0.2, 0) is 0 Å². The average Bonchev–Trinajstić information content (AvgIpc) is 2.89. The number of aromatic nitrogens is 2. The van der Waals surface area contributed by atoms with Gasteiger partial charge < -0.3 is 0 Å². The van der Waals surface area contributed by atoms with Crippen molar-refractivity contribution in [3.05, 3.63) is 11.1 Å². The minimum atomic E-state index is 0.429. The first-order valence-corrected chi connectivity index (χ1v) is 5.68. The van der Waals surface area contributed by atoms with Crippen LogP contribution in [0, 0.1) is 4.91 Å². The van der Waals surface area contributed by atoms with Crippen LogP contribution in [0.4, 0.5) is 5.69 Å². The summed E-state index contributed by atoms with van der Waals surface area (Å²) in [5.41, 5.74) is 0.482. The first-order chi connectivity index (χ1) is 6.70. The predicted molar refractivity (Wildman–Crippen MR) is 56.9 cm³/mol. The Morgan fingerprint density at radius 1 is 1.64 bits per heavy atom. The molecular formula is C9H13N3OS. The molecule has 1 aliphatic rings. The summed E-state index contributed by atoms with van der Waals surface area (Å²) in [5, 5.41) is 8.56. The van der Waals surface area contributed by atoms with Crippen LogP contribution in [0.5, 0.6) is 0 Å². The standard InChI is InChI=1S/C9H13N3OS/c1-6(2)14-9-8(11-13)5-12(10-9)7-3-4-7/h5-7H,3-4H2,1-2H3. The third-order valence-corrected chi connectivity index (χ3v) is 3.03. The van der Waals surface area contributed by atoms with Crippen LogP contribution in [0.15, 0.2) is 16.4 Å². The molecule has 0 amide bonds. The lowest BCUT2D eigenvalue weighted by atomic mass is 10.6. The van der Waals surface area contributed by atoms with Gasteiger partial charge in [-0.3, -0.25) is 4.68 Å². The molecule has 0 radical (unpaired) electrons. The fraction of sp³-hybridized carbons (Fsp3) is 0.667. The molecule has 0 bridgehead atoms. The molecule has 0 N–H and O–H groups in total. The van der Waals surface area contributed by atoms with Gasteiger partial charge in [0.2, 0.25) is 0 Å². The summed E-state index contributed by atoms with van der Waals surface area (Å²) >= 11 is 1.59. The smallest absolute Gasteiger partial charge is 0.159 e. The van der Waals surface area contributed by atoms with E-state index in [1.165, 1.54) is 12.8 Å². The summed E-state index contributed by atoms with van der Waals surface area (Å²) in [5.74, 6) is 0. The van der Waals surface area contributed by atoms with Gasteiger partial charge in [0.1, 0.15) is 5.03 Å². The van der Waals surface area contributed by atoms with E-state index in [0.29, 0.717) is 17.0 Å². The molecule has 0 saturated heterocycles. The fourth-order valence-corrected chi connectivity index (χ4v) is 2.06. The second-order valence-corrected chi connectivity index (χ2v) is 5.35. The fourth-order valence-electron chi connectivity index (χ4n) is 1.26. The van der Waals surface area contributed by atoms with Crippen molar-refractivity contribution in [2.75, 3.05) is 0 Å². The molecule has 14 heavy (non-hydrogen) atoms. The van der Waals surface area contributed by atoms with Crippen molar-refractivity contribution in [1.82, 2.24) is 9.78 Å². The summed E-state index contributed by atoms with van der Waals surface area (Å²) in [6.07, 6.45) is 4.10. The Bertz CT molecular complexity index is 344. The largest absolute Gasteiger partial charge is 0.266 e. The summed E-state index contributed by atoms with van der Waals surface area (Å²) in [6.45, 7) is 4.16. The maximum atomic E-state index is 10.5. The van der Waals surface area contributed by atoms with Crippen molar-refractivity contribution in [3.63, 3.8) is 0 Å².